The van der Waals surface area contributed by atoms with Crippen LogP contribution in [0.1, 0.15) is 98.2 Å². The summed E-state index contributed by atoms with van der Waals surface area (Å²) in [4.78, 5) is 11.8. The number of benzene rings is 1. The van der Waals surface area contributed by atoms with Gasteiger partial charge in [0.15, 0.2) is 11.5 Å². The molecule has 0 radical (unpaired) electrons. The Bertz CT molecular complexity index is 586. The van der Waals surface area contributed by atoms with Gasteiger partial charge in [0, 0.05) is 5.56 Å². The van der Waals surface area contributed by atoms with Crippen molar-refractivity contribution in [3.63, 3.8) is 0 Å². The number of hydrogen-bond donors (Lipinski definition) is 3. The van der Waals surface area contributed by atoms with Crippen LogP contribution in [0.4, 0.5) is 0 Å². The zero-order valence-electron chi connectivity index (χ0n) is 14.9. The van der Waals surface area contributed by atoms with Crippen molar-refractivity contribution in [3.8, 4) is 11.5 Å². The van der Waals surface area contributed by atoms with Crippen molar-refractivity contribution in [2.24, 2.45) is 0 Å². The summed E-state index contributed by atoms with van der Waals surface area (Å²) >= 11 is 0. The van der Waals surface area contributed by atoms with Crippen LogP contribution in [0.5, 0.6) is 11.5 Å². The molecule has 1 aromatic rings. The average molecular weight is 334 g/mol. The highest BCUT2D eigenvalue weighted by Gasteiger charge is 2.31. The maximum Gasteiger partial charge on any atom is 0.339 e. The Labute approximate surface area is 144 Å². The SMILES string of the molecule is CCCCc1c(O)c(O)c(C(=O)O)c(C2CCCCC2)c1CCC. The van der Waals surface area contributed by atoms with Crippen LogP contribution in [-0.2, 0) is 12.8 Å². The number of carboxylic acids is 1. The third kappa shape index (κ3) is 3.68. The van der Waals surface area contributed by atoms with Crippen molar-refractivity contribution in [2.45, 2.75) is 84.0 Å². The summed E-state index contributed by atoms with van der Waals surface area (Å²) in [5.41, 5.74) is 2.47. The average Bonchev–Trinajstić information content (AvgIpc) is 2.58. The first kappa shape index (κ1) is 18.6. The minimum atomic E-state index is -1.14. The molecule has 0 atom stereocenters. The maximum absolute atomic E-state index is 11.8. The normalized spacial score (nSPS) is 15.6. The molecule has 0 amide bonds. The van der Waals surface area contributed by atoms with Gasteiger partial charge in [0.05, 0.1) is 0 Å². The predicted molar refractivity (Wildman–Crippen MR) is 95.2 cm³/mol. The number of carbonyl (C=O) groups is 1. The molecular weight excluding hydrogens is 304 g/mol. The summed E-state index contributed by atoms with van der Waals surface area (Å²) in [7, 11) is 0. The Morgan fingerprint density at radius 3 is 2.17 bits per heavy atom. The first-order chi connectivity index (χ1) is 11.5. The molecule has 1 aromatic carbocycles. The van der Waals surface area contributed by atoms with E-state index in [4.69, 9.17) is 0 Å². The Hall–Kier alpha value is -1.71. The van der Waals surface area contributed by atoms with E-state index in [1.165, 1.54) is 6.42 Å². The van der Waals surface area contributed by atoms with Crippen LogP contribution in [0, 0.1) is 0 Å². The molecule has 1 aliphatic carbocycles. The van der Waals surface area contributed by atoms with Crippen molar-refractivity contribution in [1.82, 2.24) is 0 Å². The number of phenolic OH excluding ortho intramolecular Hbond substituents is 1. The van der Waals surface area contributed by atoms with E-state index in [0.29, 0.717) is 6.42 Å². The van der Waals surface area contributed by atoms with E-state index in [1.807, 2.05) is 0 Å². The fraction of sp³-hybridized carbons (Fsp3) is 0.650. The number of carboxylic acid groups (broad SMARTS) is 1. The number of aromatic hydroxyl groups is 2. The third-order valence-corrected chi connectivity index (χ3v) is 5.21. The van der Waals surface area contributed by atoms with Gasteiger partial charge in [-0.3, -0.25) is 0 Å². The van der Waals surface area contributed by atoms with E-state index in [0.717, 1.165) is 68.1 Å². The van der Waals surface area contributed by atoms with Gasteiger partial charge in [-0.15, -0.1) is 0 Å². The fourth-order valence-corrected chi connectivity index (χ4v) is 4.06. The topological polar surface area (TPSA) is 77.8 Å². The lowest BCUT2D eigenvalue weighted by Crippen LogP contribution is -2.16. The molecule has 0 unspecified atom stereocenters. The van der Waals surface area contributed by atoms with Gasteiger partial charge in [-0.05, 0) is 49.1 Å². The molecule has 4 heteroatoms. The zero-order valence-corrected chi connectivity index (χ0v) is 14.9. The summed E-state index contributed by atoms with van der Waals surface area (Å²) in [5.74, 6) is -1.61. The van der Waals surface area contributed by atoms with Gasteiger partial charge in [0.25, 0.3) is 0 Å². The van der Waals surface area contributed by atoms with Gasteiger partial charge in [-0.25, -0.2) is 4.79 Å². The lowest BCUT2D eigenvalue weighted by atomic mass is 9.76. The second-order valence-electron chi connectivity index (χ2n) is 6.94. The summed E-state index contributed by atoms with van der Waals surface area (Å²) in [5, 5.41) is 30.6. The Morgan fingerprint density at radius 2 is 1.62 bits per heavy atom. The molecule has 1 saturated carbocycles. The molecule has 0 spiro atoms. The molecule has 134 valence electrons. The van der Waals surface area contributed by atoms with Crippen LogP contribution in [0.2, 0.25) is 0 Å². The van der Waals surface area contributed by atoms with Crippen LogP contribution in [0.3, 0.4) is 0 Å². The minimum absolute atomic E-state index is 0.0666. The zero-order chi connectivity index (χ0) is 17.7. The van der Waals surface area contributed by atoms with Gasteiger partial charge >= 0.3 is 5.97 Å². The standard InChI is InChI=1S/C20H30O4/c1-3-5-12-15-14(9-4-2)16(13-10-7-6-8-11-13)17(20(23)24)19(22)18(15)21/h13,21-22H,3-12H2,1-2H3,(H,23,24). The summed E-state index contributed by atoms with van der Waals surface area (Å²) < 4.78 is 0. The molecule has 0 heterocycles. The molecule has 0 aromatic heterocycles. The summed E-state index contributed by atoms with van der Waals surface area (Å²) in [6.45, 7) is 4.16. The quantitative estimate of drug-likeness (QED) is 0.603. The summed E-state index contributed by atoms with van der Waals surface area (Å²) in [6, 6.07) is 0. The molecule has 24 heavy (non-hydrogen) atoms. The van der Waals surface area contributed by atoms with Crippen molar-refractivity contribution < 1.29 is 20.1 Å². The number of unbranched alkanes of at least 4 members (excludes halogenated alkanes) is 1. The van der Waals surface area contributed by atoms with Crippen molar-refractivity contribution in [3.05, 3.63) is 22.3 Å². The molecule has 2 rings (SSSR count). The van der Waals surface area contributed by atoms with Gasteiger partial charge in [-0.1, -0.05) is 46.0 Å². The largest absolute Gasteiger partial charge is 0.504 e. The Balaban J connectivity index is 2.69. The number of rotatable bonds is 7. The first-order valence-corrected chi connectivity index (χ1v) is 9.35. The lowest BCUT2D eigenvalue weighted by molar-refractivity contribution is 0.0690. The minimum Gasteiger partial charge on any atom is -0.504 e. The van der Waals surface area contributed by atoms with Crippen LogP contribution >= 0.6 is 0 Å². The molecular formula is C20H30O4. The van der Waals surface area contributed by atoms with Gasteiger partial charge in [-0.2, -0.15) is 0 Å². The monoisotopic (exact) mass is 334 g/mol. The number of hydrogen-bond acceptors (Lipinski definition) is 3. The van der Waals surface area contributed by atoms with Crippen LogP contribution in [0.15, 0.2) is 0 Å². The third-order valence-electron chi connectivity index (χ3n) is 5.21. The fourth-order valence-electron chi connectivity index (χ4n) is 4.06. The van der Waals surface area contributed by atoms with Crippen molar-refractivity contribution in [1.29, 1.82) is 0 Å². The smallest absolute Gasteiger partial charge is 0.339 e. The van der Waals surface area contributed by atoms with Crippen molar-refractivity contribution >= 4 is 5.97 Å². The van der Waals surface area contributed by atoms with Crippen LogP contribution < -0.4 is 0 Å². The molecule has 1 fully saturated rings. The lowest BCUT2D eigenvalue weighted by Gasteiger charge is -2.28. The van der Waals surface area contributed by atoms with E-state index in [2.05, 4.69) is 13.8 Å². The van der Waals surface area contributed by atoms with Crippen LogP contribution in [0.25, 0.3) is 0 Å². The van der Waals surface area contributed by atoms with E-state index in [1.54, 1.807) is 0 Å². The van der Waals surface area contributed by atoms with E-state index in [9.17, 15) is 20.1 Å². The molecule has 1 aliphatic rings. The van der Waals surface area contributed by atoms with E-state index >= 15 is 0 Å². The predicted octanol–water partition coefficient (Wildman–Crippen LogP) is 5.14. The van der Waals surface area contributed by atoms with E-state index in [-0.39, 0.29) is 17.2 Å². The first-order valence-electron chi connectivity index (χ1n) is 9.35. The van der Waals surface area contributed by atoms with Crippen LogP contribution in [-0.4, -0.2) is 21.3 Å². The van der Waals surface area contributed by atoms with E-state index < -0.39 is 11.7 Å². The van der Waals surface area contributed by atoms with Gasteiger partial charge in [0.2, 0.25) is 0 Å². The van der Waals surface area contributed by atoms with Gasteiger partial charge < -0.3 is 15.3 Å². The Kier molecular flexibility index (Phi) is 6.52. The second-order valence-corrected chi connectivity index (χ2v) is 6.94. The van der Waals surface area contributed by atoms with Gasteiger partial charge in [0.1, 0.15) is 5.56 Å². The number of phenols is 2. The highest BCUT2D eigenvalue weighted by Crippen LogP contribution is 2.46. The maximum atomic E-state index is 11.8. The molecule has 0 aliphatic heterocycles. The highest BCUT2D eigenvalue weighted by molar-refractivity contribution is 5.95. The molecule has 0 bridgehead atoms. The van der Waals surface area contributed by atoms with Crippen molar-refractivity contribution in [2.75, 3.05) is 0 Å². The second kappa shape index (κ2) is 8.41. The molecule has 0 saturated heterocycles. The highest BCUT2D eigenvalue weighted by atomic mass is 16.4. The number of aromatic carboxylic acids is 1. The molecule has 3 N–H and O–H groups in total. The summed E-state index contributed by atoms with van der Waals surface area (Å²) in [6.07, 6.45) is 9.55. The Morgan fingerprint density at radius 1 is 0.958 bits per heavy atom. The molecule has 4 nitrogen and oxygen atoms in total.